The van der Waals surface area contributed by atoms with E-state index in [1.54, 1.807) is 6.07 Å². The smallest absolute Gasteiger partial charge is 0.163 e. The van der Waals surface area contributed by atoms with Gasteiger partial charge >= 0.3 is 0 Å². The normalized spacial score (nSPS) is 13.6. The van der Waals surface area contributed by atoms with Gasteiger partial charge in [-0.25, -0.2) is 0 Å². The molecule has 3 nitrogen and oxygen atoms in total. The van der Waals surface area contributed by atoms with E-state index in [1.807, 2.05) is 0 Å². The minimum atomic E-state index is -0.141. The topological polar surface area (TPSA) is 46.5 Å². The Morgan fingerprint density at radius 3 is 3.00 bits per heavy atom. The molecule has 0 aromatic heterocycles. The number of halogens is 1. The molecule has 0 spiro atoms. The molecular formula is C10H9BrO3. The second kappa shape index (κ2) is 3.28. The fourth-order valence-corrected chi connectivity index (χ4v) is 2.13. The van der Waals surface area contributed by atoms with Gasteiger partial charge in [0.25, 0.3) is 0 Å². The van der Waals surface area contributed by atoms with E-state index in [-0.39, 0.29) is 11.5 Å². The van der Waals surface area contributed by atoms with E-state index < -0.39 is 0 Å². The summed E-state index contributed by atoms with van der Waals surface area (Å²) in [6.07, 6.45) is 0.786. The highest BCUT2D eigenvalue weighted by Gasteiger charge is 2.22. The van der Waals surface area contributed by atoms with Crippen LogP contribution in [-0.2, 0) is 6.42 Å². The minimum Gasteiger partial charge on any atom is -0.506 e. The lowest BCUT2D eigenvalue weighted by Gasteiger charge is -2.07. The lowest BCUT2D eigenvalue weighted by atomic mass is 10.1. The molecule has 2 rings (SSSR count). The summed E-state index contributed by atoms with van der Waals surface area (Å²) in [5, 5.41) is 9.68. The molecule has 0 saturated carbocycles. The first kappa shape index (κ1) is 9.52. The van der Waals surface area contributed by atoms with Crippen LogP contribution >= 0.6 is 15.9 Å². The van der Waals surface area contributed by atoms with Crippen LogP contribution in [0, 0.1) is 0 Å². The third kappa shape index (κ3) is 1.30. The number of benzene rings is 1. The van der Waals surface area contributed by atoms with E-state index in [1.165, 1.54) is 6.92 Å². The van der Waals surface area contributed by atoms with Gasteiger partial charge in [-0.1, -0.05) is 0 Å². The van der Waals surface area contributed by atoms with Crippen molar-refractivity contribution < 1.29 is 14.6 Å². The molecule has 0 atom stereocenters. The van der Waals surface area contributed by atoms with Crippen LogP contribution in [0.25, 0.3) is 0 Å². The largest absolute Gasteiger partial charge is 0.506 e. The number of ether oxygens (including phenoxy) is 1. The van der Waals surface area contributed by atoms with Gasteiger partial charge in [0, 0.05) is 6.42 Å². The number of ketones is 1. The molecule has 74 valence electrons. The molecule has 4 heteroatoms. The van der Waals surface area contributed by atoms with Gasteiger partial charge in [-0.05, 0) is 34.5 Å². The Hall–Kier alpha value is -1.03. The van der Waals surface area contributed by atoms with Crippen molar-refractivity contribution in [2.45, 2.75) is 13.3 Å². The molecule has 1 aliphatic heterocycles. The Balaban J connectivity index is 2.67. The molecule has 0 fully saturated rings. The number of hydrogen-bond donors (Lipinski definition) is 1. The van der Waals surface area contributed by atoms with Gasteiger partial charge in [-0.2, -0.15) is 0 Å². The van der Waals surface area contributed by atoms with Crippen LogP contribution in [-0.4, -0.2) is 17.5 Å². The van der Waals surface area contributed by atoms with Crippen molar-refractivity contribution in [3.8, 4) is 11.5 Å². The number of fused-ring (bicyclic) bond motifs is 1. The summed E-state index contributed by atoms with van der Waals surface area (Å²) < 4.78 is 5.81. The highest BCUT2D eigenvalue weighted by Crippen LogP contribution is 2.42. The van der Waals surface area contributed by atoms with Crippen LogP contribution in [0.15, 0.2) is 10.5 Å². The third-order valence-electron chi connectivity index (χ3n) is 2.27. The number of phenols is 1. The maximum absolute atomic E-state index is 11.2. The predicted octanol–water partition coefficient (Wildman–Crippen LogP) is 2.29. The van der Waals surface area contributed by atoms with E-state index in [0.717, 1.165) is 12.0 Å². The Kier molecular flexibility index (Phi) is 2.23. The zero-order valence-electron chi connectivity index (χ0n) is 7.63. The number of hydrogen-bond acceptors (Lipinski definition) is 3. The first-order valence-electron chi connectivity index (χ1n) is 4.29. The highest BCUT2D eigenvalue weighted by molar-refractivity contribution is 9.10. The quantitative estimate of drug-likeness (QED) is 0.785. The molecule has 0 saturated heterocycles. The van der Waals surface area contributed by atoms with Crippen LogP contribution in [0.3, 0.4) is 0 Å². The van der Waals surface area contributed by atoms with Gasteiger partial charge < -0.3 is 9.84 Å². The van der Waals surface area contributed by atoms with Crippen LogP contribution in [0.5, 0.6) is 11.5 Å². The van der Waals surface area contributed by atoms with Crippen molar-refractivity contribution in [1.29, 1.82) is 0 Å². The first-order chi connectivity index (χ1) is 6.61. The van der Waals surface area contributed by atoms with Gasteiger partial charge in [0.2, 0.25) is 0 Å². The number of phenolic OH excluding ortho intramolecular Hbond substituents is 1. The average molecular weight is 257 g/mol. The first-order valence-corrected chi connectivity index (χ1v) is 5.08. The molecule has 0 aliphatic carbocycles. The van der Waals surface area contributed by atoms with Crippen molar-refractivity contribution in [3.05, 3.63) is 21.7 Å². The lowest BCUT2D eigenvalue weighted by molar-refractivity contribution is 0.101. The monoisotopic (exact) mass is 256 g/mol. The summed E-state index contributed by atoms with van der Waals surface area (Å²) in [7, 11) is 0. The Bertz CT molecular complexity index is 412. The SMILES string of the molecule is CC(=O)c1cc2c(c(Br)c1O)OCC2. The summed E-state index contributed by atoms with van der Waals surface area (Å²) in [4.78, 5) is 11.2. The Morgan fingerprint density at radius 1 is 1.64 bits per heavy atom. The van der Waals surface area contributed by atoms with E-state index in [9.17, 15) is 9.90 Å². The predicted molar refractivity (Wildman–Crippen MR) is 55.0 cm³/mol. The number of carbonyl (C=O) groups excluding carboxylic acids is 1. The summed E-state index contributed by atoms with van der Waals surface area (Å²) >= 11 is 3.22. The van der Waals surface area contributed by atoms with Gasteiger partial charge in [0.1, 0.15) is 16.0 Å². The molecular weight excluding hydrogens is 248 g/mol. The maximum Gasteiger partial charge on any atom is 0.163 e. The lowest BCUT2D eigenvalue weighted by Crippen LogP contribution is -1.95. The fourth-order valence-electron chi connectivity index (χ4n) is 1.55. The van der Waals surface area contributed by atoms with E-state index in [4.69, 9.17) is 4.74 Å². The second-order valence-electron chi connectivity index (χ2n) is 3.23. The van der Waals surface area contributed by atoms with Gasteiger partial charge in [-0.3, -0.25) is 4.79 Å². The van der Waals surface area contributed by atoms with Crippen molar-refractivity contribution in [1.82, 2.24) is 0 Å². The number of rotatable bonds is 1. The fraction of sp³-hybridized carbons (Fsp3) is 0.300. The second-order valence-corrected chi connectivity index (χ2v) is 4.02. The molecule has 1 aromatic rings. The molecule has 14 heavy (non-hydrogen) atoms. The third-order valence-corrected chi connectivity index (χ3v) is 3.01. The number of carbonyl (C=O) groups is 1. The van der Waals surface area contributed by atoms with Crippen molar-refractivity contribution in [2.24, 2.45) is 0 Å². The van der Waals surface area contributed by atoms with Crippen LogP contribution < -0.4 is 4.74 Å². The molecule has 0 radical (unpaired) electrons. The molecule has 1 aliphatic rings. The molecule has 0 amide bonds. The van der Waals surface area contributed by atoms with Crippen molar-refractivity contribution in [2.75, 3.05) is 6.61 Å². The minimum absolute atomic E-state index is 0.0295. The van der Waals surface area contributed by atoms with E-state index >= 15 is 0 Å². The molecule has 1 heterocycles. The van der Waals surface area contributed by atoms with Crippen molar-refractivity contribution in [3.63, 3.8) is 0 Å². The zero-order chi connectivity index (χ0) is 10.3. The molecule has 0 bridgehead atoms. The van der Waals surface area contributed by atoms with Gasteiger partial charge in [0.15, 0.2) is 5.78 Å². The highest BCUT2D eigenvalue weighted by atomic mass is 79.9. The summed E-state index contributed by atoms with van der Waals surface area (Å²) in [6, 6.07) is 1.70. The summed E-state index contributed by atoms with van der Waals surface area (Å²) in [5.41, 5.74) is 1.32. The number of aromatic hydroxyl groups is 1. The Morgan fingerprint density at radius 2 is 2.36 bits per heavy atom. The molecule has 0 unspecified atom stereocenters. The zero-order valence-corrected chi connectivity index (χ0v) is 9.22. The van der Waals surface area contributed by atoms with Gasteiger partial charge in [0.05, 0.1) is 12.2 Å². The summed E-state index contributed by atoms with van der Waals surface area (Å²) in [5.74, 6) is 0.489. The molecule has 1 N–H and O–H groups in total. The number of Topliss-reactive ketones (excluding diaryl/α,β-unsaturated/α-hetero) is 1. The van der Waals surface area contributed by atoms with Crippen LogP contribution in [0.2, 0.25) is 0 Å². The standard InChI is InChI=1S/C10H9BrO3/c1-5(12)7-4-6-2-3-14-10(6)8(11)9(7)13/h4,13H,2-3H2,1H3. The van der Waals surface area contributed by atoms with Gasteiger partial charge in [-0.15, -0.1) is 0 Å². The van der Waals surface area contributed by atoms with Crippen LogP contribution in [0.4, 0.5) is 0 Å². The van der Waals surface area contributed by atoms with Crippen LogP contribution in [0.1, 0.15) is 22.8 Å². The average Bonchev–Trinajstić information content (AvgIpc) is 2.58. The maximum atomic E-state index is 11.2. The van der Waals surface area contributed by atoms with Crippen molar-refractivity contribution >= 4 is 21.7 Å². The summed E-state index contributed by atoms with van der Waals surface area (Å²) in [6.45, 7) is 2.04. The van der Waals surface area contributed by atoms with E-state index in [2.05, 4.69) is 15.9 Å². The molecule has 1 aromatic carbocycles. The Labute approximate surface area is 89.8 Å². The van der Waals surface area contributed by atoms with E-state index in [0.29, 0.717) is 22.4 Å².